The number of aliphatic hydroxyl groups is 1. The standard InChI is InChI=1S/C6H10O3S2/c7-1-2-9-5(8)6-10-3-4-11-6/h6-7H,1-4H2. The van der Waals surface area contributed by atoms with E-state index in [4.69, 9.17) is 9.84 Å². The highest BCUT2D eigenvalue weighted by Crippen LogP contribution is 2.32. The SMILES string of the molecule is O=C(OCCO)C1SCCS1. The predicted molar refractivity (Wildman–Crippen MR) is 46.7 cm³/mol. The summed E-state index contributed by atoms with van der Waals surface area (Å²) in [5.74, 6) is 1.83. The lowest BCUT2D eigenvalue weighted by Crippen LogP contribution is -2.16. The number of ether oxygens (including phenoxy) is 1. The fourth-order valence-electron chi connectivity index (χ4n) is 0.709. The normalized spacial score (nSPS) is 18.6. The van der Waals surface area contributed by atoms with Crippen LogP contribution in [-0.2, 0) is 9.53 Å². The van der Waals surface area contributed by atoms with Crippen LogP contribution in [0.2, 0.25) is 0 Å². The molecule has 0 bridgehead atoms. The molecule has 3 nitrogen and oxygen atoms in total. The Morgan fingerprint density at radius 2 is 2.18 bits per heavy atom. The first-order chi connectivity index (χ1) is 5.34. The second-order valence-electron chi connectivity index (χ2n) is 1.96. The average molecular weight is 194 g/mol. The summed E-state index contributed by atoms with van der Waals surface area (Å²) in [7, 11) is 0. The molecule has 11 heavy (non-hydrogen) atoms. The molecule has 0 amide bonds. The van der Waals surface area contributed by atoms with Gasteiger partial charge in [0, 0.05) is 11.5 Å². The van der Waals surface area contributed by atoms with Gasteiger partial charge in [0.1, 0.15) is 11.2 Å². The minimum Gasteiger partial charge on any atom is -0.462 e. The molecule has 0 aliphatic carbocycles. The van der Waals surface area contributed by atoms with E-state index >= 15 is 0 Å². The van der Waals surface area contributed by atoms with Crippen molar-refractivity contribution in [1.82, 2.24) is 0 Å². The Bertz CT molecular complexity index is 134. The fraction of sp³-hybridized carbons (Fsp3) is 0.833. The molecule has 0 radical (unpaired) electrons. The van der Waals surface area contributed by atoms with Gasteiger partial charge in [-0.25, -0.2) is 4.79 Å². The van der Waals surface area contributed by atoms with Crippen LogP contribution in [-0.4, -0.2) is 40.4 Å². The molecule has 5 heteroatoms. The van der Waals surface area contributed by atoms with Crippen LogP contribution < -0.4 is 0 Å². The molecular formula is C6H10O3S2. The molecule has 1 fully saturated rings. The maximum absolute atomic E-state index is 11.0. The van der Waals surface area contributed by atoms with Gasteiger partial charge in [0.25, 0.3) is 0 Å². The van der Waals surface area contributed by atoms with E-state index < -0.39 is 0 Å². The number of carbonyl (C=O) groups is 1. The third kappa shape index (κ3) is 2.92. The Labute approximate surface area is 73.9 Å². The van der Waals surface area contributed by atoms with Crippen molar-refractivity contribution < 1.29 is 14.6 Å². The van der Waals surface area contributed by atoms with Crippen LogP contribution in [0, 0.1) is 0 Å². The number of carbonyl (C=O) groups excluding carboxylic acids is 1. The average Bonchev–Trinajstić information content (AvgIpc) is 2.52. The van der Waals surface area contributed by atoms with Crippen molar-refractivity contribution in [2.45, 2.75) is 4.58 Å². The van der Waals surface area contributed by atoms with Crippen LogP contribution in [0.3, 0.4) is 0 Å². The number of hydrogen-bond acceptors (Lipinski definition) is 5. The lowest BCUT2D eigenvalue weighted by atomic mass is 10.7. The summed E-state index contributed by atoms with van der Waals surface area (Å²) >= 11 is 3.22. The maximum Gasteiger partial charge on any atom is 0.329 e. The zero-order valence-electron chi connectivity index (χ0n) is 5.99. The first-order valence-corrected chi connectivity index (χ1v) is 5.45. The third-order valence-electron chi connectivity index (χ3n) is 1.15. The molecular weight excluding hydrogens is 184 g/mol. The number of aliphatic hydroxyl groups excluding tert-OH is 1. The molecule has 1 heterocycles. The highest BCUT2D eigenvalue weighted by Gasteiger charge is 2.25. The van der Waals surface area contributed by atoms with Crippen LogP contribution >= 0.6 is 23.5 Å². The van der Waals surface area contributed by atoms with Crippen LogP contribution in [0.15, 0.2) is 0 Å². The van der Waals surface area contributed by atoms with Crippen molar-refractivity contribution >= 4 is 29.5 Å². The van der Waals surface area contributed by atoms with Gasteiger partial charge < -0.3 is 9.84 Å². The zero-order valence-corrected chi connectivity index (χ0v) is 7.62. The van der Waals surface area contributed by atoms with Crippen LogP contribution in [0.5, 0.6) is 0 Å². The van der Waals surface area contributed by atoms with Crippen molar-refractivity contribution in [3.05, 3.63) is 0 Å². The summed E-state index contributed by atoms with van der Waals surface area (Å²) < 4.78 is 4.69. The number of rotatable bonds is 3. The highest BCUT2D eigenvalue weighted by molar-refractivity contribution is 8.21. The second-order valence-corrected chi connectivity index (χ2v) is 4.69. The van der Waals surface area contributed by atoms with Gasteiger partial charge in [-0.3, -0.25) is 0 Å². The maximum atomic E-state index is 11.0. The predicted octanol–water partition coefficient (Wildman–Crippen LogP) is 0.328. The topological polar surface area (TPSA) is 46.5 Å². The molecule has 0 aromatic rings. The number of thioether (sulfide) groups is 2. The molecule has 0 atom stereocenters. The van der Waals surface area contributed by atoms with Crippen LogP contribution in [0.4, 0.5) is 0 Å². The lowest BCUT2D eigenvalue weighted by Gasteiger charge is -2.06. The molecule has 1 rings (SSSR count). The third-order valence-corrected chi connectivity index (χ3v) is 4.09. The lowest BCUT2D eigenvalue weighted by molar-refractivity contribution is -0.142. The quantitative estimate of drug-likeness (QED) is 0.656. The van der Waals surface area contributed by atoms with E-state index in [9.17, 15) is 4.79 Å². The summed E-state index contributed by atoms with van der Waals surface area (Å²) in [6.07, 6.45) is 0. The number of esters is 1. The molecule has 0 aromatic carbocycles. The molecule has 0 aromatic heterocycles. The van der Waals surface area contributed by atoms with E-state index in [1.807, 2.05) is 0 Å². The van der Waals surface area contributed by atoms with Gasteiger partial charge in [0.2, 0.25) is 0 Å². The van der Waals surface area contributed by atoms with E-state index in [-0.39, 0.29) is 23.8 Å². The molecule has 64 valence electrons. The Hall–Kier alpha value is 0.130. The summed E-state index contributed by atoms with van der Waals surface area (Å²) in [5.41, 5.74) is 0. The summed E-state index contributed by atoms with van der Waals surface area (Å²) in [6.45, 7) is 0.0320. The van der Waals surface area contributed by atoms with E-state index in [0.29, 0.717) is 0 Å². The van der Waals surface area contributed by atoms with Gasteiger partial charge in [-0.2, -0.15) is 0 Å². The summed E-state index contributed by atoms with van der Waals surface area (Å²) in [4.78, 5) is 11.0. The summed E-state index contributed by atoms with van der Waals surface area (Å²) in [6, 6.07) is 0. The van der Waals surface area contributed by atoms with Gasteiger partial charge in [0.15, 0.2) is 0 Å². The minimum atomic E-state index is -0.202. The van der Waals surface area contributed by atoms with Crippen molar-refractivity contribution in [3.63, 3.8) is 0 Å². The van der Waals surface area contributed by atoms with Gasteiger partial charge in [-0.15, -0.1) is 23.5 Å². The molecule has 1 N–H and O–H groups in total. The molecule has 1 aliphatic rings. The van der Waals surface area contributed by atoms with E-state index in [1.165, 1.54) is 0 Å². The first kappa shape index (κ1) is 9.22. The summed E-state index contributed by atoms with van der Waals surface area (Å²) in [5, 5.41) is 8.37. The van der Waals surface area contributed by atoms with E-state index in [1.54, 1.807) is 23.5 Å². The van der Waals surface area contributed by atoms with Crippen molar-refractivity contribution in [1.29, 1.82) is 0 Å². The first-order valence-electron chi connectivity index (χ1n) is 3.35. The van der Waals surface area contributed by atoms with Crippen molar-refractivity contribution in [2.75, 3.05) is 24.7 Å². The monoisotopic (exact) mass is 194 g/mol. The molecule has 0 unspecified atom stereocenters. The van der Waals surface area contributed by atoms with Gasteiger partial charge in [0.05, 0.1) is 6.61 Å². The van der Waals surface area contributed by atoms with E-state index in [2.05, 4.69) is 0 Å². The largest absolute Gasteiger partial charge is 0.462 e. The zero-order chi connectivity index (χ0) is 8.10. The van der Waals surface area contributed by atoms with Crippen molar-refractivity contribution in [2.24, 2.45) is 0 Å². The van der Waals surface area contributed by atoms with Gasteiger partial charge >= 0.3 is 5.97 Å². The molecule has 1 saturated heterocycles. The molecule has 0 saturated carbocycles. The second kappa shape index (κ2) is 4.90. The molecule has 0 spiro atoms. The minimum absolute atomic E-state index is 0.0541. The smallest absolute Gasteiger partial charge is 0.329 e. The highest BCUT2D eigenvalue weighted by atomic mass is 32.2. The molecule has 1 aliphatic heterocycles. The van der Waals surface area contributed by atoms with Crippen molar-refractivity contribution in [3.8, 4) is 0 Å². The van der Waals surface area contributed by atoms with Gasteiger partial charge in [-0.05, 0) is 0 Å². The fourth-order valence-corrected chi connectivity index (χ4v) is 3.28. The Kier molecular flexibility index (Phi) is 4.11. The van der Waals surface area contributed by atoms with Crippen LogP contribution in [0.25, 0.3) is 0 Å². The Morgan fingerprint density at radius 3 is 2.73 bits per heavy atom. The number of hydrogen-bond donors (Lipinski definition) is 1. The Morgan fingerprint density at radius 1 is 1.55 bits per heavy atom. The van der Waals surface area contributed by atoms with Crippen LogP contribution in [0.1, 0.15) is 0 Å². The van der Waals surface area contributed by atoms with E-state index in [0.717, 1.165) is 11.5 Å². The Balaban J connectivity index is 2.17. The van der Waals surface area contributed by atoms with Gasteiger partial charge in [-0.1, -0.05) is 0 Å².